The van der Waals surface area contributed by atoms with Gasteiger partial charge in [-0.2, -0.15) is 0 Å². The molecule has 29 heteroatoms. The van der Waals surface area contributed by atoms with Gasteiger partial charge in [-0.1, -0.05) is 42.9 Å². The van der Waals surface area contributed by atoms with E-state index in [9.17, 15) is 43.5 Å². The number of ether oxygens (including phenoxy) is 11. The Morgan fingerprint density at radius 1 is 0.796 bits per heavy atom. The lowest BCUT2D eigenvalue weighted by atomic mass is 9.84. The molecule has 3 saturated heterocycles. The number of urea groups is 1. The van der Waals surface area contributed by atoms with Crippen molar-refractivity contribution < 1.29 is 95.6 Å². The number of rotatable bonds is 44. The van der Waals surface area contributed by atoms with Crippen molar-refractivity contribution in [3.05, 3.63) is 65.8 Å². The van der Waals surface area contributed by atoms with Crippen molar-refractivity contribution in [2.24, 2.45) is 17.4 Å². The number of esters is 1. The smallest absolute Gasteiger partial charge is 0.409 e. The van der Waals surface area contributed by atoms with Crippen molar-refractivity contribution in [1.29, 1.82) is 0 Å². The molecule has 10 N–H and O–H groups in total. The summed E-state index contributed by atoms with van der Waals surface area (Å²) in [6, 6.07) is 4.54. The van der Waals surface area contributed by atoms with E-state index < -0.39 is 78.4 Å². The number of nitrogens with one attached hydrogen (secondary N) is 5. The molecule has 4 rings (SSSR count). The zero-order chi connectivity index (χ0) is 68.1. The van der Waals surface area contributed by atoms with Gasteiger partial charge in [-0.15, -0.1) is 0 Å². The van der Waals surface area contributed by atoms with Crippen molar-refractivity contribution in [1.82, 2.24) is 31.1 Å². The van der Waals surface area contributed by atoms with Crippen LogP contribution >= 0.6 is 0 Å². The van der Waals surface area contributed by atoms with Gasteiger partial charge in [0.1, 0.15) is 36.6 Å². The average molecular weight is 1320 g/mol. The molecule has 29 nitrogen and oxygen atoms in total. The van der Waals surface area contributed by atoms with Crippen LogP contribution in [0.3, 0.4) is 0 Å². The van der Waals surface area contributed by atoms with Crippen LogP contribution in [0.5, 0.6) is 0 Å². The number of carbonyl (C=O) groups excluding carboxylic acids is 8. The highest BCUT2D eigenvalue weighted by molar-refractivity contribution is 5.97. The molecule has 1 aromatic rings. The summed E-state index contributed by atoms with van der Waals surface area (Å²) in [6.45, 7) is 15.9. The van der Waals surface area contributed by atoms with Crippen LogP contribution in [0.15, 0.2) is 60.2 Å². The van der Waals surface area contributed by atoms with Gasteiger partial charge in [0.15, 0.2) is 0 Å². The topological polar surface area (TPSA) is 380 Å². The molecule has 3 fully saturated rings. The van der Waals surface area contributed by atoms with E-state index in [2.05, 4.69) is 39.6 Å². The number of likely N-dealkylation sites (N-methyl/N-ethyl adjacent to an activating group) is 2. The standard InChI is InChI=1S/C64H103N9O20/c1-43(11-18-54-44(2)38-53(46(4)91-54)71-57(76)20-13-45(3)90-48(6)74)12-19-55-60(79)64(47(5)93-64)40-51(92-55)39-59(78)72(7)24-25-73(8)63(82)89-42-49-14-16-50(17-15-49)69-61(80)52(10-9-23-67-62(66)81)70-58(77)41-68-56(75)21-26-83-28-30-85-32-34-87-36-37-88-35-33-86-31-29-84-27-22-65/h11-17,19-20,44-47,51-55,60,79H,9-10,18,21-42,65H2,1-8H3,(H,68,75)(H,69,80)(H,70,77)(H,71,76)(H3,66,67,81)/b19-12+,20-13-,43-11+/t44-,45-,46+,47?,51+,52-,53?,54-,55+,60+,64+/m0/s1. The van der Waals surface area contributed by atoms with Gasteiger partial charge in [0.2, 0.25) is 29.5 Å². The molecule has 0 aliphatic carbocycles. The third-order valence-electron chi connectivity index (χ3n) is 15.5. The highest BCUT2D eigenvalue weighted by Gasteiger charge is 2.64. The molecule has 0 aromatic heterocycles. The number of nitrogens with zero attached hydrogens (tertiary/aromatic N) is 2. The number of amides is 8. The molecule has 3 aliphatic rings. The van der Waals surface area contributed by atoms with Crippen molar-refractivity contribution in [2.45, 2.75) is 154 Å². The molecule has 11 atom stereocenters. The van der Waals surface area contributed by atoms with Crippen molar-refractivity contribution in [2.75, 3.05) is 131 Å². The van der Waals surface area contributed by atoms with Gasteiger partial charge in [0.05, 0.1) is 123 Å². The molecule has 93 heavy (non-hydrogen) atoms. The summed E-state index contributed by atoms with van der Waals surface area (Å²) in [7, 11) is 3.19. The van der Waals surface area contributed by atoms with Crippen molar-refractivity contribution >= 4 is 53.3 Å². The fraction of sp³-hybridized carbons (Fsp3) is 0.688. The van der Waals surface area contributed by atoms with Crippen LogP contribution in [0.4, 0.5) is 15.3 Å². The summed E-state index contributed by atoms with van der Waals surface area (Å²) in [5, 5.41) is 24.8. The van der Waals surface area contributed by atoms with Gasteiger partial charge in [0.25, 0.3) is 0 Å². The minimum Gasteiger partial charge on any atom is -0.459 e. The Balaban J connectivity index is 1.12. The number of hydrogen-bond donors (Lipinski definition) is 8. The quantitative estimate of drug-likeness (QED) is 0.0152. The maximum absolute atomic E-state index is 13.6. The molecule has 0 radical (unpaired) electrons. The fourth-order valence-electron chi connectivity index (χ4n) is 10.1. The highest BCUT2D eigenvalue weighted by Crippen LogP contribution is 2.49. The van der Waals surface area contributed by atoms with Gasteiger partial charge in [0, 0.05) is 71.8 Å². The Labute approximate surface area is 546 Å². The molecular formula is C64H103N9O20. The summed E-state index contributed by atoms with van der Waals surface area (Å²) in [5.41, 5.74) is 11.6. The summed E-state index contributed by atoms with van der Waals surface area (Å²) < 4.78 is 61.7. The van der Waals surface area contributed by atoms with Crippen LogP contribution in [0, 0.1) is 5.92 Å². The lowest BCUT2D eigenvalue weighted by Crippen LogP contribution is -2.52. The molecule has 8 amide bonds. The minimum atomic E-state index is -1.05. The molecule has 524 valence electrons. The van der Waals surface area contributed by atoms with Crippen LogP contribution in [0.1, 0.15) is 92.1 Å². The van der Waals surface area contributed by atoms with E-state index in [0.717, 1.165) is 5.57 Å². The third-order valence-corrected chi connectivity index (χ3v) is 15.5. The summed E-state index contributed by atoms with van der Waals surface area (Å²) in [6.07, 6.45) is 6.75. The number of benzene rings is 1. The molecule has 0 bridgehead atoms. The Hall–Kier alpha value is -6.64. The number of primary amides is 1. The maximum atomic E-state index is 13.6. The van der Waals surface area contributed by atoms with Crippen LogP contribution in [-0.4, -0.2) is 249 Å². The Morgan fingerprint density at radius 3 is 1.99 bits per heavy atom. The first-order valence-electron chi connectivity index (χ1n) is 31.9. The number of allylic oxidation sites excluding steroid dienone is 2. The van der Waals surface area contributed by atoms with Crippen LogP contribution in [0.2, 0.25) is 0 Å². The first-order chi connectivity index (χ1) is 44.5. The second-order valence-electron chi connectivity index (χ2n) is 23.2. The maximum Gasteiger partial charge on any atom is 0.409 e. The predicted octanol–water partition coefficient (Wildman–Crippen LogP) is 1.91. The molecule has 3 heterocycles. The number of anilines is 1. The molecule has 3 aliphatic heterocycles. The first kappa shape index (κ1) is 78.8. The van der Waals surface area contributed by atoms with Gasteiger partial charge in [-0.05, 0) is 83.1 Å². The number of aliphatic hydroxyl groups excluding tert-OH is 1. The SMILES string of the molecule is CC(=O)O[C@@H](C)/C=C\C(=O)NC1C[C@H](C)[C@H](C/C=C(C)/C=C/[C@H]2O[C@H](CC(=O)N(C)CCN(C)C(=O)OCc3ccc(NC(=O)[C@H](CCCNC(N)=O)NC(=O)CNC(=O)CCOCCOCCOCCOCCOCCOCCN)cc3)C[C@]3(OC3C)[C@@H]2O)O[C@@H]1C. The van der Waals surface area contributed by atoms with E-state index >= 15 is 0 Å². The summed E-state index contributed by atoms with van der Waals surface area (Å²) in [5.74, 6) is -2.41. The largest absolute Gasteiger partial charge is 0.459 e. The van der Waals surface area contributed by atoms with Gasteiger partial charge in [-0.25, -0.2) is 9.59 Å². The summed E-state index contributed by atoms with van der Waals surface area (Å²) in [4.78, 5) is 103. The predicted molar refractivity (Wildman–Crippen MR) is 341 cm³/mol. The second-order valence-corrected chi connectivity index (χ2v) is 23.2. The molecule has 1 spiro atoms. The Bertz CT molecular complexity index is 2560. The first-order valence-corrected chi connectivity index (χ1v) is 31.9. The normalized spacial score (nSPS) is 22.6. The minimum absolute atomic E-state index is 0.0157. The van der Waals surface area contributed by atoms with Crippen LogP contribution < -0.4 is 38.1 Å². The molecule has 2 unspecified atom stereocenters. The number of aliphatic hydroxyl groups is 1. The zero-order valence-electron chi connectivity index (χ0n) is 55.4. The van der Waals surface area contributed by atoms with Gasteiger partial charge in [-0.3, -0.25) is 28.8 Å². The number of epoxide rings is 1. The molecular weight excluding hydrogens is 1210 g/mol. The van der Waals surface area contributed by atoms with Gasteiger partial charge >= 0.3 is 18.1 Å². The van der Waals surface area contributed by atoms with E-state index in [1.54, 1.807) is 51.4 Å². The summed E-state index contributed by atoms with van der Waals surface area (Å²) >= 11 is 0. The molecule has 1 aromatic carbocycles. The fourth-order valence-corrected chi connectivity index (χ4v) is 10.1. The highest BCUT2D eigenvalue weighted by atomic mass is 16.6. The van der Waals surface area contributed by atoms with E-state index in [4.69, 9.17) is 63.6 Å². The number of carbonyl (C=O) groups is 8. The van der Waals surface area contributed by atoms with E-state index in [-0.39, 0.29) is 107 Å². The van der Waals surface area contributed by atoms with Crippen molar-refractivity contribution in [3.63, 3.8) is 0 Å². The third kappa shape index (κ3) is 31.4. The number of hydrogen-bond acceptors (Lipinski definition) is 21. The second kappa shape index (κ2) is 43.4. The Morgan fingerprint density at radius 2 is 1.40 bits per heavy atom. The monoisotopic (exact) mass is 1320 g/mol. The van der Waals surface area contributed by atoms with Crippen molar-refractivity contribution in [3.8, 4) is 0 Å². The van der Waals surface area contributed by atoms with E-state index in [1.165, 1.54) is 28.9 Å². The van der Waals surface area contributed by atoms with E-state index in [1.807, 2.05) is 26.8 Å². The zero-order valence-corrected chi connectivity index (χ0v) is 55.4. The lowest BCUT2D eigenvalue weighted by molar-refractivity contribution is -0.150. The average Bonchev–Trinajstić information content (AvgIpc) is 1.57. The lowest BCUT2D eigenvalue weighted by Gasteiger charge is -2.39. The van der Waals surface area contributed by atoms with Crippen LogP contribution in [-0.2, 0) is 87.5 Å². The van der Waals surface area contributed by atoms with Gasteiger partial charge < -0.3 is 105 Å². The molecule has 0 saturated carbocycles. The number of nitrogens with two attached hydrogens (primary N) is 2. The van der Waals surface area contributed by atoms with Crippen LogP contribution in [0.25, 0.3) is 0 Å². The van der Waals surface area contributed by atoms with E-state index in [0.29, 0.717) is 103 Å². The Kier molecular flexibility index (Phi) is 36.7.